The SMILES string of the molecule is CC(C)(C)c1cc(CCCO)cc(C(c2cccs2)c2cc(CCCO)cc(C(C)(C)C)c2O)c1O. The van der Waals surface area contributed by atoms with E-state index >= 15 is 0 Å². The third-order valence-electron chi connectivity index (χ3n) is 6.71. The maximum atomic E-state index is 11.7. The minimum Gasteiger partial charge on any atom is -0.507 e. The van der Waals surface area contributed by atoms with Gasteiger partial charge in [0.25, 0.3) is 0 Å². The Morgan fingerprint density at radius 3 is 1.50 bits per heavy atom. The molecule has 4 N–H and O–H groups in total. The Kier molecular flexibility index (Phi) is 8.92. The van der Waals surface area contributed by atoms with E-state index in [1.165, 1.54) is 0 Å². The van der Waals surface area contributed by atoms with Gasteiger partial charge in [0, 0.05) is 29.2 Å². The van der Waals surface area contributed by atoms with Crippen LogP contribution in [0, 0.1) is 0 Å². The maximum Gasteiger partial charge on any atom is 0.123 e. The van der Waals surface area contributed by atoms with Gasteiger partial charge in [-0.2, -0.15) is 0 Å². The number of aryl methyl sites for hydroxylation is 2. The molecule has 0 unspecified atom stereocenters. The molecule has 196 valence electrons. The first-order valence-corrected chi connectivity index (χ1v) is 13.7. The van der Waals surface area contributed by atoms with Gasteiger partial charge >= 0.3 is 0 Å². The Hall–Kier alpha value is -2.34. The van der Waals surface area contributed by atoms with Crippen molar-refractivity contribution in [2.75, 3.05) is 13.2 Å². The topological polar surface area (TPSA) is 80.9 Å². The van der Waals surface area contributed by atoms with Gasteiger partial charge in [-0.05, 0) is 70.2 Å². The molecule has 0 spiro atoms. The molecule has 3 aromatic rings. The number of hydrogen-bond donors (Lipinski definition) is 4. The Morgan fingerprint density at radius 2 is 1.17 bits per heavy atom. The molecule has 0 radical (unpaired) electrons. The predicted octanol–water partition coefficient (Wildman–Crippen LogP) is 6.78. The van der Waals surface area contributed by atoms with Gasteiger partial charge in [0.15, 0.2) is 0 Å². The summed E-state index contributed by atoms with van der Waals surface area (Å²) in [6.45, 7) is 12.8. The van der Waals surface area contributed by atoms with Crippen molar-refractivity contribution >= 4 is 11.3 Å². The van der Waals surface area contributed by atoms with Crippen LogP contribution in [-0.2, 0) is 23.7 Å². The number of phenols is 2. The first kappa shape index (κ1) is 28.2. The average molecular weight is 511 g/mol. The summed E-state index contributed by atoms with van der Waals surface area (Å²) in [5.74, 6) is 0.160. The summed E-state index contributed by atoms with van der Waals surface area (Å²) in [7, 11) is 0. The van der Waals surface area contributed by atoms with Gasteiger partial charge < -0.3 is 20.4 Å². The number of rotatable bonds is 9. The molecular formula is C31H42O4S. The molecule has 0 saturated heterocycles. The zero-order valence-corrected chi connectivity index (χ0v) is 23.4. The van der Waals surface area contributed by atoms with Gasteiger partial charge in [-0.1, -0.05) is 71.9 Å². The van der Waals surface area contributed by atoms with Gasteiger partial charge in [-0.25, -0.2) is 0 Å². The molecule has 36 heavy (non-hydrogen) atoms. The van der Waals surface area contributed by atoms with Crippen LogP contribution < -0.4 is 0 Å². The first-order valence-electron chi connectivity index (χ1n) is 12.9. The molecular weight excluding hydrogens is 468 g/mol. The predicted molar refractivity (Wildman–Crippen MR) is 150 cm³/mol. The number of thiophene rings is 1. The van der Waals surface area contributed by atoms with E-state index in [9.17, 15) is 20.4 Å². The molecule has 0 fully saturated rings. The van der Waals surface area contributed by atoms with Crippen LogP contribution in [0.4, 0.5) is 0 Å². The summed E-state index contributed by atoms with van der Waals surface area (Å²) in [6.07, 6.45) is 2.71. The standard InChI is InChI=1S/C31H42O4S/c1-30(2,3)24-18-20(10-7-13-32)16-22(28(24)34)27(26-12-9-15-36-26)23-17-21(11-8-14-33)19-25(29(23)35)31(4,5)6/h9,12,15-19,27,32-35H,7-8,10-11,13-14H2,1-6H3. The molecule has 0 saturated carbocycles. The van der Waals surface area contributed by atoms with Crippen molar-refractivity contribution in [2.24, 2.45) is 0 Å². The number of aliphatic hydroxyl groups is 2. The van der Waals surface area contributed by atoms with Gasteiger partial charge in [0.2, 0.25) is 0 Å². The van der Waals surface area contributed by atoms with Crippen molar-refractivity contribution in [3.63, 3.8) is 0 Å². The molecule has 3 rings (SSSR count). The van der Waals surface area contributed by atoms with Gasteiger partial charge in [-0.3, -0.25) is 0 Å². The van der Waals surface area contributed by atoms with Crippen molar-refractivity contribution in [2.45, 2.75) is 84.0 Å². The lowest BCUT2D eigenvalue weighted by molar-refractivity contribution is 0.288. The second kappa shape index (κ2) is 11.4. The van der Waals surface area contributed by atoms with Crippen LogP contribution in [0.3, 0.4) is 0 Å². The Balaban J connectivity index is 2.36. The maximum absolute atomic E-state index is 11.7. The van der Waals surface area contributed by atoms with E-state index in [2.05, 4.69) is 59.7 Å². The minimum absolute atomic E-state index is 0.109. The zero-order chi connectivity index (χ0) is 26.7. The van der Waals surface area contributed by atoms with Gasteiger partial charge in [0.05, 0.1) is 5.92 Å². The van der Waals surface area contributed by atoms with E-state index in [-0.39, 0.29) is 41.5 Å². The summed E-state index contributed by atoms with van der Waals surface area (Å²) in [6, 6.07) is 12.3. The smallest absolute Gasteiger partial charge is 0.123 e. The quantitative estimate of drug-likeness (QED) is 0.256. The highest BCUT2D eigenvalue weighted by molar-refractivity contribution is 7.10. The number of benzene rings is 2. The fourth-order valence-electron chi connectivity index (χ4n) is 4.81. The number of aliphatic hydroxyl groups excluding tert-OH is 2. The van der Waals surface area contributed by atoms with Crippen molar-refractivity contribution in [3.05, 3.63) is 80.0 Å². The lowest BCUT2D eigenvalue weighted by Gasteiger charge is -2.29. The summed E-state index contributed by atoms with van der Waals surface area (Å²) >= 11 is 1.61. The Bertz CT molecular complexity index is 1080. The van der Waals surface area contributed by atoms with Crippen molar-refractivity contribution in [1.29, 1.82) is 0 Å². The monoisotopic (exact) mass is 510 g/mol. The van der Waals surface area contributed by atoms with E-state index in [0.29, 0.717) is 25.7 Å². The second-order valence-electron chi connectivity index (χ2n) is 11.8. The fourth-order valence-corrected chi connectivity index (χ4v) is 5.67. The molecule has 0 amide bonds. The highest BCUT2D eigenvalue weighted by Crippen LogP contribution is 2.48. The molecule has 0 atom stereocenters. The third-order valence-corrected chi connectivity index (χ3v) is 7.65. The van der Waals surface area contributed by atoms with E-state index in [4.69, 9.17) is 0 Å². The number of hydrogen-bond acceptors (Lipinski definition) is 5. The molecule has 4 nitrogen and oxygen atoms in total. The van der Waals surface area contributed by atoms with E-state index in [1.54, 1.807) is 11.3 Å². The fraction of sp³-hybridized carbons (Fsp3) is 0.484. The molecule has 2 aromatic carbocycles. The minimum atomic E-state index is -0.352. The second-order valence-corrected chi connectivity index (χ2v) is 12.7. The lowest BCUT2D eigenvalue weighted by atomic mass is 9.77. The summed E-state index contributed by atoms with van der Waals surface area (Å²) < 4.78 is 0. The summed E-state index contributed by atoms with van der Waals surface area (Å²) in [4.78, 5) is 1.04. The largest absolute Gasteiger partial charge is 0.507 e. The van der Waals surface area contributed by atoms with Crippen molar-refractivity contribution in [3.8, 4) is 11.5 Å². The Morgan fingerprint density at radius 1 is 0.722 bits per heavy atom. The van der Waals surface area contributed by atoms with Crippen LogP contribution in [0.25, 0.3) is 0 Å². The van der Waals surface area contributed by atoms with Crippen LogP contribution in [-0.4, -0.2) is 33.6 Å². The van der Waals surface area contributed by atoms with Crippen LogP contribution in [0.2, 0.25) is 0 Å². The highest BCUT2D eigenvalue weighted by atomic mass is 32.1. The molecule has 1 heterocycles. The average Bonchev–Trinajstić information content (AvgIpc) is 3.32. The molecule has 0 bridgehead atoms. The first-order chi connectivity index (χ1) is 16.9. The third kappa shape index (κ3) is 6.31. The molecule has 0 aliphatic heterocycles. The molecule has 1 aromatic heterocycles. The molecule has 0 aliphatic rings. The van der Waals surface area contributed by atoms with E-state index in [1.807, 2.05) is 23.6 Å². The van der Waals surface area contributed by atoms with Crippen LogP contribution in [0.15, 0.2) is 41.8 Å². The number of aromatic hydroxyl groups is 2. The highest BCUT2D eigenvalue weighted by Gasteiger charge is 2.31. The van der Waals surface area contributed by atoms with Crippen LogP contribution in [0.1, 0.15) is 98.6 Å². The van der Waals surface area contributed by atoms with Crippen LogP contribution >= 0.6 is 11.3 Å². The van der Waals surface area contributed by atoms with Gasteiger partial charge in [0.1, 0.15) is 11.5 Å². The van der Waals surface area contributed by atoms with E-state index < -0.39 is 0 Å². The van der Waals surface area contributed by atoms with Crippen molar-refractivity contribution in [1.82, 2.24) is 0 Å². The molecule has 5 heteroatoms. The summed E-state index contributed by atoms with van der Waals surface area (Å²) in [5.41, 5.74) is 4.83. The van der Waals surface area contributed by atoms with Crippen LogP contribution in [0.5, 0.6) is 11.5 Å². The summed E-state index contributed by atoms with van der Waals surface area (Å²) in [5, 5.41) is 44.3. The number of phenolic OH excluding ortho intramolecular Hbond substituents is 2. The normalized spacial score (nSPS) is 12.5. The van der Waals surface area contributed by atoms with Crippen molar-refractivity contribution < 1.29 is 20.4 Å². The van der Waals surface area contributed by atoms with E-state index in [0.717, 1.165) is 38.3 Å². The van der Waals surface area contributed by atoms with Gasteiger partial charge in [-0.15, -0.1) is 11.3 Å². The lowest BCUT2D eigenvalue weighted by Crippen LogP contribution is -2.16. The zero-order valence-electron chi connectivity index (χ0n) is 22.6. The Labute approximate surface area is 220 Å². The molecule has 0 aliphatic carbocycles.